The number of hydrogen-bond acceptors (Lipinski definition) is 4. The highest BCUT2D eigenvalue weighted by atomic mass is 16.5. The van der Waals surface area contributed by atoms with Gasteiger partial charge in [-0.1, -0.05) is 44.2 Å². The Hall–Kier alpha value is -2.37. The molecule has 3 rings (SSSR count). The van der Waals surface area contributed by atoms with Gasteiger partial charge in [0.1, 0.15) is 12.6 Å². The maximum atomic E-state index is 12.9. The van der Waals surface area contributed by atoms with Crippen LogP contribution in [0.15, 0.2) is 30.3 Å². The normalized spacial score (nSPS) is 20.2. The maximum Gasteiger partial charge on any atom is 0.328 e. The molecule has 1 saturated heterocycles. The molecular weight excluding hydrogens is 368 g/mol. The van der Waals surface area contributed by atoms with E-state index >= 15 is 0 Å². The van der Waals surface area contributed by atoms with Gasteiger partial charge >= 0.3 is 5.97 Å². The monoisotopic (exact) mass is 400 g/mol. The Bertz CT molecular complexity index is 715. The fourth-order valence-corrected chi connectivity index (χ4v) is 3.78. The first kappa shape index (κ1) is 21.3. The van der Waals surface area contributed by atoms with Gasteiger partial charge in [0.2, 0.25) is 11.8 Å². The van der Waals surface area contributed by atoms with Crippen LogP contribution in [0.2, 0.25) is 0 Å². The number of esters is 1. The summed E-state index contributed by atoms with van der Waals surface area (Å²) in [4.78, 5) is 39.7. The number of likely N-dealkylation sites (tertiary alicyclic amines) is 1. The lowest BCUT2D eigenvalue weighted by Gasteiger charge is -2.33. The number of amides is 2. The molecule has 2 amide bonds. The van der Waals surface area contributed by atoms with E-state index < -0.39 is 12.0 Å². The summed E-state index contributed by atoms with van der Waals surface area (Å²) in [5.41, 5.74) is 0.914. The molecule has 1 N–H and O–H groups in total. The van der Waals surface area contributed by atoms with Gasteiger partial charge < -0.3 is 15.0 Å². The summed E-state index contributed by atoms with van der Waals surface area (Å²) in [6, 6.07) is 8.84. The summed E-state index contributed by atoms with van der Waals surface area (Å²) in [7, 11) is 0. The minimum atomic E-state index is -0.666. The molecule has 0 radical (unpaired) electrons. The van der Waals surface area contributed by atoms with E-state index in [9.17, 15) is 14.4 Å². The van der Waals surface area contributed by atoms with E-state index in [0.29, 0.717) is 13.0 Å². The third-order valence-corrected chi connectivity index (χ3v) is 5.56. The van der Waals surface area contributed by atoms with Gasteiger partial charge in [0, 0.05) is 19.0 Å². The Balaban J connectivity index is 1.55. The van der Waals surface area contributed by atoms with Crippen molar-refractivity contribution in [1.82, 2.24) is 10.2 Å². The second-order valence-corrected chi connectivity index (χ2v) is 8.68. The Morgan fingerprint density at radius 3 is 2.48 bits per heavy atom. The van der Waals surface area contributed by atoms with E-state index in [-0.39, 0.29) is 36.2 Å². The van der Waals surface area contributed by atoms with Crippen LogP contribution in [0, 0.1) is 17.8 Å². The van der Waals surface area contributed by atoms with Gasteiger partial charge in [-0.25, -0.2) is 4.79 Å². The van der Waals surface area contributed by atoms with Gasteiger partial charge in [-0.2, -0.15) is 0 Å². The quantitative estimate of drug-likeness (QED) is 0.681. The third-order valence-electron chi connectivity index (χ3n) is 5.56. The van der Waals surface area contributed by atoms with Gasteiger partial charge in [0.15, 0.2) is 0 Å². The summed E-state index contributed by atoms with van der Waals surface area (Å²) >= 11 is 0. The predicted octanol–water partition coefficient (Wildman–Crippen LogP) is 2.91. The summed E-state index contributed by atoms with van der Waals surface area (Å²) in [6.07, 6.45) is 4.03. The average molecular weight is 401 g/mol. The number of carbonyl (C=O) groups excluding carboxylic acids is 3. The van der Waals surface area contributed by atoms with E-state index in [0.717, 1.165) is 37.8 Å². The first-order valence-electron chi connectivity index (χ1n) is 10.7. The molecule has 29 heavy (non-hydrogen) atoms. The van der Waals surface area contributed by atoms with Crippen molar-refractivity contribution in [3.05, 3.63) is 35.9 Å². The highest BCUT2D eigenvalue weighted by Crippen LogP contribution is 2.32. The summed E-state index contributed by atoms with van der Waals surface area (Å²) in [5, 5.41) is 2.91. The van der Waals surface area contributed by atoms with Crippen LogP contribution in [0.3, 0.4) is 0 Å². The average Bonchev–Trinajstić information content (AvgIpc) is 3.57. The Labute approximate surface area is 173 Å². The highest BCUT2D eigenvalue weighted by Gasteiger charge is 2.37. The second-order valence-electron chi connectivity index (χ2n) is 8.68. The number of rotatable bonds is 8. The van der Waals surface area contributed by atoms with Crippen LogP contribution in [0.25, 0.3) is 0 Å². The lowest BCUT2D eigenvalue weighted by atomic mass is 9.95. The fourth-order valence-electron chi connectivity index (χ4n) is 3.78. The highest BCUT2D eigenvalue weighted by molar-refractivity contribution is 5.87. The van der Waals surface area contributed by atoms with Gasteiger partial charge in [0.25, 0.3) is 0 Å². The molecule has 6 heteroatoms. The zero-order valence-corrected chi connectivity index (χ0v) is 17.4. The van der Waals surface area contributed by atoms with E-state index in [1.807, 2.05) is 49.1 Å². The summed E-state index contributed by atoms with van der Waals surface area (Å²) in [6.45, 7) is 5.40. The van der Waals surface area contributed by atoms with Gasteiger partial charge in [-0.15, -0.1) is 0 Å². The van der Waals surface area contributed by atoms with Crippen molar-refractivity contribution in [3.8, 4) is 0 Å². The second kappa shape index (κ2) is 9.90. The van der Waals surface area contributed by atoms with Crippen molar-refractivity contribution < 1.29 is 19.1 Å². The van der Waals surface area contributed by atoms with Crippen LogP contribution in [-0.2, 0) is 25.7 Å². The van der Waals surface area contributed by atoms with Gasteiger partial charge in [-0.3, -0.25) is 9.59 Å². The molecule has 2 fully saturated rings. The fraction of sp³-hybridized carbons (Fsp3) is 0.609. The van der Waals surface area contributed by atoms with Crippen molar-refractivity contribution in [2.75, 3.05) is 13.1 Å². The molecule has 1 aromatic rings. The molecule has 1 aliphatic heterocycles. The SMILES string of the molecule is CC(C)C[C@H](NC(=O)C1CCCN(C(=O)C2CC2)C1)C(=O)OCc1ccccc1. The molecule has 2 atom stereocenters. The number of carbonyl (C=O) groups is 3. The number of benzene rings is 1. The number of ether oxygens (including phenoxy) is 1. The first-order chi connectivity index (χ1) is 13.9. The molecule has 1 aromatic carbocycles. The zero-order valence-electron chi connectivity index (χ0n) is 17.4. The molecule has 2 aliphatic rings. The van der Waals surface area contributed by atoms with Crippen LogP contribution in [0.5, 0.6) is 0 Å². The van der Waals surface area contributed by atoms with E-state index in [4.69, 9.17) is 4.74 Å². The van der Waals surface area contributed by atoms with Gasteiger partial charge in [0.05, 0.1) is 5.92 Å². The molecule has 0 spiro atoms. The lowest BCUT2D eigenvalue weighted by Crippen LogP contribution is -2.50. The largest absolute Gasteiger partial charge is 0.459 e. The van der Waals surface area contributed by atoms with Crippen molar-refractivity contribution in [3.63, 3.8) is 0 Å². The number of hydrogen-bond donors (Lipinski definition) is 1. The molecule has 1 aliphatic carbocycles. The van der Waals surface area contributed by atoms with E-state index in [1.165, 1.54) is 0 Å². The molecule has 0 bridgehead atoms. The van der Waals surface area contributed by atoms with Crippen molar-refractivity contribution in [2.24, 2.45) is 17.8 Å². The smallest absolute Gasteiger partial charge is 0.328 e. The van der Waals surface area contributed by atoms with Crippen LogP contribution < -0.4 is 5.32 Å². The molecule has 1 saturated carbocycles. The Morgan fingerprint density at radius 1 is 1.10 bits per heavy atom. The Morgan fingerprint density at radius 2 is 1.83 bits per heavy atom. The first-order valence-corrected chi connectivity index (χ1v) is 10.7. The minimum absolute atomic E-state index is 0.152. The van der Waals surface area contributed by atoms with Crippen LogP contribution >= 0.6 is 0 Å². The van der Waals surface area contributed by atoms with E-state index in [2.05, 4.69) is 5.32 Å². The van der Waals surface area contributed by atoms with Crippen LogP contribution in [0.4, 0.5) is 0 Å². The summed E-state index contributed by atoms with van der Waals surface area (Å²) < 4.78 is 5.46. The Kier molecular flexibility index (Phi) is 7.29. The molecule has 158 valence electrons. The standard InChI is InChI=1S/C23H32N2O4/c1-16(2)13-20(23(28)29-15-17-7-4-3-5-8-17)24-21(26)19-9-6-12-25(14-19)22(27)18-10-11-18/h3-5,7-8,16,18-20H,6,9-15H2,1-2H3,(H,24,26)/t19?,20-/m0/s1. The number of piperidine rings is 1. The number of nitrogens with zero attached hydrogens (tertiary/aromatic N) is 1. The lowest BCUT2D eigenvalue weighted by molar-refractivity contribution is -0.150. The molecule has 0 aromatic heterocycles. The van der Waals surface area contributed by atoms with E-state index in [1.54, 1.807) is 0 Å². The van der Waals surface area contributed by atoms with Crippen molar-refractivity contribution >= 4 is 17.8 Å². The third kappa shape index (κ3) is 6.31. The minimum Gasteiger partial charge on any atom is -0.459 e. The summed E-state index contributed by atoms with van der Waals surface area (Å²) in [5.74, 6) is -0.230. The van der Waals surface area contributed by atoms with Gasteiger partial charge in [-0.05, 0) is 43.6 Å². The number of nitrogens with one attached hydrogen (secondary N) is 1. The zero-order chi connectivity index (χ0) is 20.8. The van der Waals surface area contributed by atoms with Crippen LogP contribution in [-0.4, -0.2) is 41.8 Å². The predicted molar refractivity (Wildman–Crippen MR) is 110 cm³/mol. The molecule has 6 nitrogen and oxygen atoms in total. The topological polar surface area (TPSA) is 75.7 Å². The maximum absolute atomic E-state index is 12.9. The van der Waals surface area contributed by atoms with Crippen molar-refractivity contribution in [1.29, 1.82) is 0 Å². The molecule has 1 unspecified atom stereocenters. The molecular formula is C23H32N2O4. The van der Waals surface area contributed by atoms with Crippen molar-refractivity contribution in [2.45, 2.75) is 58.6 Å². The molecule has 1 heterocycles. The van der Waals surface area contributed by atoms with Crippen LogP contribution in [0.1, 0.15) is 51.5 Å².